The number of carboxylic acid groups (broad SMARTS) is 1. The van der Waals surface area contributed by atoms with E-state index in [1.807, 2.05) is 30.3 Å². The number of nitrogens with two attached hydrogens (primary N) is 1. The number of rotatable bonds is 7. The number of carbonyl (C=O) groups is 1. The fourth-order valence-corrected chi connectivity index (χ4v) is 2.89. The number of halogens is 1. The lowest BCUT2D eigenvalue weighted by Gasteiger charge is -2.12. The van der Waals surface area contributed by atoms with E-state index in [-0.39, 0.29) is 25.4 Å². The third-order valence-electron chi connectivity index (χ3n) is 4.16. The molecule has 0 saturated heterocycles. The van der Waals surface area contributed by atoms with Crippen molar-refractivity contribution in [2.45, 2.75) is 19.6 Å². The van der Waals surface area contributed by atoms with Gasteiger partial charge in [0.25, 0.3) is 0 Å². The first kappa shape index (κ1) is 18.6. The second-order valence-electron chi connectivity index (χ2n) is 6.22. The molecule has 0 aliphatic heterocycles. The highest BCUT2D eigenvalue weighted by Gasteiger charge is 2.08. The number of para-hydroxylation sites is 1. The summed E-state index contributed by atoms with van der Waals surface area (Å²) >= 11 is 0. The summed E-state index contributed by atoms with van der Waals surface area (Å²) in [5.74, 6) is -0.687. The van der Waals surface area contributed by atoms with Gasteiger partial charge in [0.15, 0.2) is 0 Å². The third-order valence-corrected chi connectivity index (χ3v) is 4.16. The highest BCUT2D eigenvalue weighted by molar-refractivity contribution is 5.71. The van der Waals surface area contributed by atoms with E-state index in [2.05, 4.69) is 0 Å². The van der Waals surface area contributed by atoms with Gasteiger partial charge in [-0.3, -0.25) is 4.79 Å². The van der Waals surface area contributed by atoms with Crippen LogP contribution in [0, 0.1) is 5.82 Å². The van der Waals surface area contributed by atoms with Gasteiger partial charge in [0, 0.05) is 12.1 Å². The van der Waals surface area contributed by atoms with Crippen molar-refractivity contribution in [1.82, 2.24) is 0 Å². The van der Waals surface area contributed by atoms with Gasteiger partial charge >= 0.3 is 5.97 Å². The number of carboxylic acids is 1. The largest absolute Gasteiger partial charge is 0.489 e. The van der Waals surface area contributed by atoms with Crippen molar-refractivity contribution in [1.29, 1.82) is 0 Å². The van der Waals surface area contributed by atoms with Gasteiger partial charge < -0.3 is 15.6 Å². The second-order valence-corrected chi connectivity index (χ2v) is 6.22. The molecule has 0 atom stereocenters. The Balaban J connectivity index is 1.79. The first-order valence-corrected chi connectivity index (χ1v) is 8.56. The van der Waals surface area contributed by atoms with Crippen LogP contribution in [0.15, 0.2) is 66.7 Å². The molecule has 0 heterocycles. The van der Waals surface area contributed by atoms with Crippen LogP contribution in [0.3, 0.4) is 0 Å². The van der Waals surface area contributed by atoms with Crippen molar-refractivity contribution >= 4 is 5.97 Å². The molecule has 5 heteroatoms. The van der Waals surface area contributed by atoms with E-state index >= 15 is 0 Å². The minimum Gasteiger partial charge on any atom is -0.489 e. The first-order valence-electron chi connectivity index (χ1n) is 8.56. The first-order chi connectivity index (χ1) is 13.0. The summed E-state index contributed by atoms with van der Waals surface area (Å²) in [6.07, 6.45) is -0.0959. The van der Waals surface area contributed by atoms with E-state index in [0.29, 0.717) is 11.3 Å². The van der Waals surface area contributed by atoms with Crippen LogP contribution in [0.25, 0.3) is 11.1 Å². The highest BCUT2D eigenvalue weighted by Crippen LogP contribution is 2.25. The molecule has 0 aliphatic carbocycles. The van der Waals surface area contributed by atoms with E-state index < -0.39 is 5.97 Å². The third kappa shape index (κ3) is 4.92. The van der Waals surface area contributed by atoms with Gasteiger partial charge in [0.1, 0.15) is 18.2 Å². The van der Waals surface area contributed by atoms with Gasteiger partial charge in [-0.2, -0.15) is 0 Å². The maximum Gasteiger partial charge on any atom is 0.307 e. The quantitative estimate of drug-likeness (QED) is 0.659. The molecule has 3 rings (SSSR count). The topological polar surface area (TPSA) is 72.5 Å². The highest BCUT2D eigenvalue weighted by atomic mass is 19.1. The zero-order valence-electron chi connectivity index (χ0n) is 14.7. The summed E-state index contributed by atoms with van der Waals surface area (Å²) in [5, 5.41) is 9.01. The Hall–Kier alpha value is -3.18. The Bertz CT molecular complexity index is 956. The number of hydrogen-bond acceptors (Lipinski definition) is 3. The number of ether oxygens (including phenoxy) is 1. The minimum atomic E-state index is -0.908. The molecular weight excluding hydrogens is 345 g/mol. The molecule has 27 heavy (non-hydrogen) atoms. The zero-order valence-corrected chi connectivity index (χ0v) is 14.7. The van der Waals surface area contributed by atoms with Crippen molar-refractivity contribution in [2.24, 2.45) is 5.73 Å². The molecule has 0 unspecified atom stereocenters. The van der Waals surface area contributed by atoms with Crippen LogP contribution in [-0.2, 0) is 24.4 Å². The van der Waals surface area contributed by atoms with Gasteiger partial charge in [-0.15, -0.1) is 0 Å². The van der Waals surface area contributed by atoms with Gasteiger partial charge in [-0.05, 0) is 52.6 Å². The standard InChI is InChI=1S/C22H20FNO3/c23-20-10-16(13-24)9-19(11-20)17-6-3-4-15(8-17)14-27-21-7-2-1-5-18(21)12-22(25)26/h1-11H,12-14,24H2,(H,25,26). The van der Waals surface area contributed by atoms with Crippen LogP contribution >= 0.6 is 0 Å². The van der Waals surface area contributed by atoms with E-state index in [4.69, 9.17) is 15.6 Å². The molecule has 0 bridgehead atoms. The molecule has 0 spiro atoms. The molecule has 0 radical (unpaired) electrons. The Labute approximate surface area is 157 Å². The Morgan fingerprint density at radius 3 is 2.52 bits per heavy atom. The summed E-state index contributed by atoms with van der Waals surface area (Å²) in [6, 6.07) is 19.5. The molecule has 3 N–H and O–H groups in total. The molecule has 0 amide bonds. The maximum atomic E-state index is 13.8. The van der Waals surface area contributed by atoms with Crippen molar-refractivity contribution in [2.75, 3.05) is 0 Å². The van der Waals surface area contributed by atoms with Gasteiger partial charge in [-0.25, -0.2) is 4.39 Å². The minimum absolute atomic E-state index is 0.0959. The summed E-state index contributed by atoms with van der Waals surface area (Å²) in [7, 11) is 0. The predicted molar refractivity (Wildman–Crippen MR) is 102 cm³/mol. The van der Waals surface area contributed by atoms with Crippen LogP contribution in [0.1, 0.15) is 16.7 Å². The summed E-state index contributed by atoms with van der Waals surface area (Å²) in [5.41, 5.74) is 9.50. The van der Waals surface area contributed by atoms with Gasteiger partial charge in [0.05, 0.1) is 6.42 Å². The number of aliphatic carboxylic acids is 1. The molecule has 138 valence electrons. The van der Waals surface area contributed by atoms with Crippen LogP contribution in [0.5, 0.6) is 5.75 Å². The van der Waals surface area contributed by atoms with E-state index in [9.17, 15) is 9.18 Å². The second kappa shape index (κ2) is 8.47. The van der Waals surface area contributed by atoms with E-state index in [1.54, 1.807) is 24.3 Å². The fourth-order valence-electron chi connectivity index (χ4n) is 2.89. The summed E-state index contributed by atoms with van der Waals surface area (Å²) in [6.45, 7) is 0.553. The molecular formula is C22H20FNO3. The predicted octanol–water partition coefficient (Wildman–Crippen LogP) is 4.16. The van der Waals surface area contributed by atoms with E-state index in [1.165, 1.54) is 12.1 Å². The zero-order chi connectivity index (χ0) is 19.2. The fraction of sp³-hybridized carbons (Fsp3) is 0.136. The Morgan fingerprint density at radius 2 is 1.74 bits per heavy atom. The molecule has 0 aliphatic rings. The summed E-state index contributed by atoms with van der Waals surface area (Å²) in [4.78, 5) is 11.0. The van der Waals surface area contributed by atoms with Crippen LogP contribution in [0.4, 0.5) is 4.39 Å². The molecule has 3 aromatic rings. The molecule has 3 aromatic carbocycles. The van der Waals surface area contributed by atoms with Crippen molar-refractivity contribution in [3.63, 3.8) is 0 Å². The molecule has 0 fully saturated rings. The summed E-state index contributed by atoms with van der Waals surface area (Å²) < 4.78 is 19.6. The van der Waals surface area contributed by atoms with Crippen molar-refractivity contribution < 1.29 is 19.0 Å². The average molecular weight is 365 g/mol. The number of benzene rings is 3. The van der Waals surface area contributed by atoms with Crippen molar-refractivity contribution in [3.05, 3.63) is 89.2 Å². The normalized spacial score (nSPS) is 10.6. The average Bonchev–Trinajstić information content (AvgIpc) is 2.66. The van der Waals surface area contributed by atoms with Gasteiger partial charge in [0.2, 0.25) is 0 Å². The molecule has 0 saturated carbocycles. The Morgan fingerprint density at radius 1 is 0.963 bits per heavy atom. The lowest BCUT2D eigenvalue weighted by molar-refractivity contribution is -0.136. The van der Waals surface area contributed by atoms with Crippen LogP contribution in [0.2, 0.25) is 0 Å². The number of hydrogen-bond donors (Lipinski definition) is 2. The van der Waals surface area contributed by atoms with Crippen molar-refractivity contribution in [3.8, 4) is 16.9 Å². The van der Waals surface area contributed by atoms with Crippen LogP contribution < -0.4 is 10.5 Å². The van der Waals surface area contributed by atoms with E-state index in [0.717, 1.165) is 22.3 Å². The molecule has 0 aromatic heterocycles. The lowest BCUT2D eigenvalue weighted by atomic mass is 10.0. The lowest BCUT2D eigenvalue weighted by Crippen LogP contribution is -2.04. The van der Waals surface area contributed by atoms with Gasteiger partial charge in [-0.1, -0.05) is 36.4 Å². The monoisotopic (exact) mass is 365 g/mol. The smallest absolute Gasteiger partial charge is 0.307 e. The van der Waals surface area contributed by atoms with Crippen LogP contribution in [-0.4, -0.2) is 11.1 Å². The maximum absolute atomic E-state index is 13.8. The SMILES string of the molecule is NCc1cc(F)cc(-c2cccc(COc3ccccc3CC(=O)O)c2)c1. The molecule has 4 nitrogen and oxygen atoms in total. The Kier molecular flexibility index (Phi) is 5.84.